The molecule has 0 unspecified atom stereocenters. The SMILES string of the molecule is COCCN(CC(=O)N(CCc1ccccc1)Cc1ccc(C)o1)C(=O)NC(C)(C)C. The highest BCUT2D eigenvalue weighted by atomic mass is 16.5. The van der Waals surface area contributed by atoms with E-state index in [1.54, 1.807) is 12.0 Å². The molecule has 0 radical (unpaired) electrons. The Kier molecular flexibility index (Phi) is 9.12. The van der Waals surface area contributed by atoms with Crippen molar-refractivity contribution in [1.82, 2.24) is 15.1 Å². The zero-order valence-corrected chi connectivity index (χ0v) is 19.3. The van der Waals surface area contributed by atoms with Crippen LogP contribution in [0.1, 0.15) is 37.9 Å². The number of hydrogen-bond donors (Lipinski definition) is 1. The van der Waals surface area contributed by atoms with Gasteiger partial charge in [0.1, 0.15) is 18.1 Å². The van der Waals surface area contributed by atoms with Crippen molar-refractivity contribution in [2.24, 2.45) is 0 Å². The Morgan fingerprint density at radius 3 is 2.32 bits per heavy atom. The number of furan rings is 1. The summed E-state index contributed by atoms with van der Waals surface area (Å²) >= 11 is 0. The highest BCUT2D eigenvalue weighted by Crippen LogP contribution is 2.12. The monoisotopic (exact) mass is 429 g/mol. The Hall–Kier alpha value is -2.80. The Balaban J connectivity index is 2.12. The van der Waals surface area contributed by atoms with Crippen molar-refractivity contribution in [2.45, 2.75) is 46.2 Å². The average Bonchev–Trinajstić information content (AvgIpc) is 3.12. The van der Waals surface area contributed by atoms with Gasteiger partial charge in [0, 0.05) is 25.7 Å². The largest absolute Gasteiger partial charge is 0.464 e. The van der Waals surface area contributed by atoms with Crippen LogP contribution in [0.15, 0.2) is 46.9 Å². The Morgan fingerprint density at radius 2 is 1.74 bits per heavy atom. The second kappa shape index (κ2) is 11.6. The summed E-state index contributed by atoms with van der Waals surface area (Å²) < 4.78 is 10.8. The summed E-state index contributed by atoms with van der Waals surface area (Å²) in [5, 5.41) is 2.93. The lowest BCUT2D eigenvalue weighted by molar-refractivity contribution is -0.132. The van der Waals surface area contributed by atoms with Crippen molar-refractivity contribution in [1.29, 1.82) is 0 Å². The molecular weight excluding hydrogens is 394 g/mol. The van der Waals surface area contributed by atoms with Crippen LogP contribution in [-0.2, 0) is 22.5 Å². The van der Waals surface area contributed by atoms with E-state index in [1.165, 1.54) is 4.90 Å². The maximum atomic E-state index is 13.2. The molecule has 0 bridgehead atoms. The summed E-state index contributed by atoms with van der Waals surface area (Å²) in [5.41, 5.74) is 0.752. The molecule has 1 aromatic carbocycles. The summed E-state index contributed by atoms with van der Waals surface area (Å²) in [6.07, 6.45) is 0.721. The summed E-state index contributed by atoms with van der Waals surface area (Å²) in [7, 11) is 1.58. The fourth-order valence-corrected chi connectivity index (χ4v) is 3.08. The molecule has 31 heavy (non-hydrogen) atoms. The van der Waals surface area contributed by atoms with Crippen molar-refractivity contribution in [3.63, 3.8) is 0 Å². The van der Waals surface area contributed by atoms with Gasteiger partial charge in [-0.1, -0.05) is 30.3 Å². The minimum Gasteiger partial charge on any atom is -0.464 e. The highest BCUT2D eigenvalue weighted by molar-refractivity contribution is 5.84. The average molecular weight is 430 g/mol. The second-order valence-corrected chi connectivity index (χ2v) is 8.66. The van der Waals surface area contributed by atoms with Crippen LogP contribution < -0.4 is 5.32 Å². The molecule has 1 aromatic heterocycles. The third-order valence-corrected chi connectivity index (χ3v) is 4.67. The first-order valence-electron chi connectivity index (χ1n) is 10.6. The van der Waals surface area contributed by atoms with Crippen molar-refractivity contribution >= 4 is 11.9 Å². The molecule has 0 saturated heterocycles. The van der Waals surface area contributed by atoms with Crippen LogP contribution in [0.25, 0.3) is 0 Å². The van der Waals surface area contributed by atoms with Gasteiger partial charge in [-0.15, -0.1) is 0 Å². The molecule has 0 fully saturated rings. The number of ether oxygens (including phenoxy) is 1. The van der Waals surface area contributed by atoms with E-state index in [1.807, 2.05) is 70.2 Å². The molecule has 0 spiro atoms. The van der Waals surface area contributed by atoms with Crippen LogP contribution in [-0.4, -0.2) is 60.6 Å². The number of methoxy groups -OCH3 is 1. The Labute approximate surface area is 185 Å². The molecule has 1 N–H and O–H groups in total. The number of carbonyl (C=O) groups is 2. The van der Waals surface area contributed by atoms with Crippen LogP contribution in [0, 0.1) is 6.92 Å². The van der Waals surface area contributed by atoms with Crippen LogP contribution in [0.5, 0.6) is 0 Å². The Bertz CT molecular complexity index is 827. The van der Waals surface area contributed by atoms with E-state index >= 15 is 0 Å². The van der Waals surface area contributed by atoms with Gasteiger partial charge in [0.25, 0.3) is 0 Å². The molecule has 1 heterocycles. The lowest BCUT2D eigenvalue weighted by atomic mass is 10.1. The van der Waals surface area contributed by atoms with Crippen molar-refractivity contribution < 1.29 is 18.7 Å². The molecule has 2 rings (SSSR count). The smallest absolute Gasteiger partial charge is 0.318 e. The quantitative estimate of drug-likeness (QED) is 0.626. The van der Waals surface area contributed by atoms with Gasteiger partial charge in [-0.05, 0) is 51.8 Å². The highest BCUT2D eigenvalue weighted by Gasteiger charge is 2.24. The van der Waals surface area contributed by atoms with Gasteiger partial charge in [0.2, 0.25) is 5.91 Å². The molecule has 170 valence electrons. The minimum absolute atomic E-state index is 0.0280. The van der Waals surface area contributed by atoms with E-state index in [0.717, 1.165) is 23.5 Å². The van der Waals surface area contributed by atoms with Gasteiger partial charge < -0.3 is 24.3 Å². The van der Waals surface area contributed by atoms with Crippen molar-refractivity contribution in [2.75, 3.05) is 33.4 Å². The first-order valence-corrected chi connectivity index (χ1v) is 10.6. The second-order valence-electron chi connectivity index (χ2n) is 8.66. The maximum absolute atomic E-state index is 13.2. The summed E-state index contributed by atoms with van der Waals surface area (Å²) in [5.74, 6) is 1.39. The number of carbonyl (C=O) groups excluding carboxylic acids is 2. The predicted molar refractivity (Wildman–Crippen MR) is 121 cm³/mol. The molecule has 0 saturated carbocycles. The van der Waals surface area contributed by atoms with Crippen molar-refractivity contribution in [3.05, 3.63) is 59.5 Å². The lowest BCUT2D eigenvalue weighted by Gasteiger charge is -2.30. The standard InChI is InChI=1S/C24H35N3O4/c1-19-11-12-21(31-19)17-26(14-13-20-9-7-6-8-10-20)22(28)18-27(15-16-30-5)23(29)25-24(2,3)4/h6-12H,13-18H2,1-5H3,(H,25,29). The van der Waals surface area contributed by atoms with Crippen molar-refractivity contribution in [3.8, 4) is 0 Å². The molecule has 7 heteroatoms. The maximum Gasteiger partial charge on any atom is 0.318 e. The zero-order chi connectivity index (χ0) is 22.9. The molecule has 3 amide bonds. The fourth-order valence-electron chi connectivity index (χ4n) is 3.08. The first-order chi connectivity index (χ1) is 14.7. The number of rotatable bonds is 10. The molecule has 2 aromatic rings. The fraction of sp³-hybridized carbons (Fsp3) is 0.500. The topological polar surface area (TPSA) is 75.0 Å². The number of nitrogens with zero attached hydrogens (tertiary/aromatic N) is 2. The van der Waals surface area contributed by atoms with Gasteiger partial charge in [-0.3, -0.25) is 4.79 Å². The van der Waals surface area contributed by atoms with Gasteiger partial charge in [0.15, 0.2) is 0 Å². The van der Waals surface area contributed by atoms with E-state index in [2.05, 4.69) is 5.32 Å². The lowest BCUT2D eigenvalue weighted by Crippen LogP contribution is -2.52. The number of urea groups is 1. The number of aryl methyl sites for hydroxylation is 1. The van der Waals surface area contributed by atoms with Crippen LogP contribution in [0.3, 0.4) is 0 Å². The molecule has 0 aliphatic carbocycles. The number of benzene rings is 1. The molecule has 7 nitrogen and oxygen atoms in total. The number of hydrogen-bond acceptors (Lipinski definition) is 4. The molecule has 0 atom stereocenters. The number of nitrogens with one attached hydrogen (secondary N) is 1. The van der Waals surface area contributed by atoms with E-state index in [-0.39, 0.29) is 18.5 Å². The van der Waals surface area contributed by atoms with Crippen LogP contribution in [0.4, 0.5) is 4.79 Å². The van der Waals surface area contributed by atoms with E-state index in [9.17, 15) is 9.59 Å². The Morgan fingerprint density at radius 1 is 1.03 bits per heavy atom. The van der Waals surface area contributed by atoms with Gasteiger partial charge in [-0.25, -0.2) is 4.79 Å². The van der Waals surface area contributed by atoms with E-state index in [0.29, 0.717) is 26.2 Å². The van der Waals surface area contributed by atoms with Gasteiger partial charge in [0.05, 0.1) is 13.2 Å². The number of amides is 3. The third kappa shape index (κ3) is 8.84. The van der Waals surface area contributed by atoms with Gasteiger partial charge >= 0.3 is 6.03 Å². The first kappa shape index (κ1) is 24.5. The predicted octanol–water partition coefficient (Wildman–Crippen LogP) is 3.62. The molecule has 0 aliphatic rings. The third-order valence-electron chi connectivity index (χ3n) is 4.67. The van der Waals surface area contributed by atoms with Gasteiger partial charge in [-0.2, -0.15) is 0 Å². The molecular formula is C24H35N3O4. The minimum atomic E-state index is -0.399. The van der Waals surface area contributed by atoms with Crippen LogP contribution in [0.2, 0.25) is 0 Å². The van der Waals surface area contributed by atoms with Crippen LogP contribution >= 0.6 is 0 Å². The van der Waals surface area contributed by atoms with E-state index in [4.69, 9.17) is 9.15 Å². The summed E-state index contributed by atoms with van der Waals surface area (Å²) in [6.45, 7) is 9.15. The molecule has 0 aliphatic heterocycles. The summed E-state index contributed by atoms with van der Waals surface area (Å²) in [6, 6.07) is 13.5. The van der Waals surface area contributed by atoms with E-state index < -0.39 is 5.54 Å². The zero-order valence-electron chi connectivity index (χ0n) is 19.3. The normalized spacial score (nSPS) is 11.3. The summed E-state index contributed by atoms with van der Waals surface area (Å²) in [4.78, 5) is 29.2.